The van der Waals surface area contributed by atoms with Crippen molar-refractivity contribution in [3.8, 4) is 0 Å². The Kier molecular flexibility index (Phi) is 3.98. The summed E-state index contributed by atoms with van der Waals surface area (Å²) in [5.41, 5.74) is 0. The van der Waals surface area contributed by atoms with Gasteiger partial charge in [0.15, 0.2) is 0 Å². The topological polar surface area (TPSA) is 61.4 Å². The lowest BCUT2D eigenvalue weighted by atomic mass is 9.97. The van der Waals surface area contributed by atoms with Gasteiger partial charge in [-0.15, -0.1) is 0 Å². The minimum absolute atomic E-state index is 0.0593. The molecule has 1 atom stereocenters. The molecule has 0 bridgehead atoms. The van der Waals surface area contributed by atoms with Crippen molar-refractivity contribution in [1.82, 2.24) is 15.5 Å². The molecule has 5 nitrogen and oxygen atoms in total. The number of hydrogen-bond donors (Lipinski definition) is 2. The lowest BCUT2D eigenvalue weighted by Gasteiger charge is -2.31. The SMILES string of the molecule is O=C1NC(C(=O)N(CC2CCNCC2)C2CC2)CS1. The molecule has 2 heterocycles. The molecular weight excluding hydrogens is 262 g/mol. The number of hydrogen-bond acceptors (Lipinski definition) is 4. The molecule has 106 valence electrons. The first-order valence-electron chi connectivity index (χ1n) is 7.18. The molecule has 2 N–H and O–H groups in total. The van der Waals surface area contributed by atoms with Crippen molar-refractivity contribution in [1.29, 1.82) is 0 Å². The van der Waals surface area contributed by atoms with Gasteiger partial charge >= 0.3 is 0 Å². The Morgan fingerprint density at radius 3 is 2.58 bits per heavy atom. The Bertz CT molecular complexity index is 367. The summed E-state index contributed by atoms with van der Waals surface area (Å²) in [6, 6.07) is 0.143. The fourth-order valence-corrected chi connectivity index (χ4v) is 3.64. The summed E-state index contributed by atoms with van der Waals surface area (Å²) < 4.78 is 0. The van der Waals surface area contributed by atoms with E-state index in [2.05, 4.69) is 10.6 Å². The summed E-state index contributed by atoms with van der Waals surface area (Å²) >= 11 is 1.22. The first kappa shape index (κ1) is 13.2. The van der Waals surface area contributed by atoms with Crippen LogP contribution in [0.1, 0.15) is 25.7 Å². The van der Waals surface area contributed by atoms with Gasteiger partial charge in [0.05, 0.1) is 0 Å². The Balaban J connectivity index is 1.60. The second-order valence-electron chi connectivity index (χ2n) is 5.71. The van der Waals surface area contributed by atoms with Crippen LogP contribution in [0.25, 0.3) is 0 Å². The quantitative estimate of drug-likeness (QED) is 0.801. The molecule has 2 amide bonds. The highest BCUT2D eigenvalue weighted by Crippen LogP contribution is 2.30. The summed E-state index contributed by atoms with van der Waals surface area (Å²) in [4.78, 5) is 25.8. The predicted molar refractivity (Wildman–Crippen MR) is 75.1 cm³/mol. The molecule has 1 unspecified atom stereocenters. The molecule has 2 saturated heterocycles. The number of piperidine rings is 1. The summed E-state index contributed by atoms with van der Waals surface area (Å²) in [7, 11) is 0. The Hall–Kier alpha value is -0.750. The molecule has 3 rings (SSSR count). The fourth-order valence-electron chi connectivity index (χ4n) is 2.87. The lowest BCUT2D eigenvalue weighted by Crippen LogP contribution is -2.49. The van der Waals surface area contributed by atoms with E-state index >= 15 is 0 Å². The van der Waals surface area contributed by atoms with Gasteiger partial charge in [-0.3, -0.25) is 9.59 Å². The number of rotatable bonds is 4. The fraction of sp³-hybridized carbons (Fsp3) is 0.846. The van der Waals surface area contributed by atoms with Crippen molar-refractivity contribution in [2.75, 3.05) is 25.4 Å². The van der Waals surface area contributed by atoms with Gasteiger partial charge in [0.1, 0.15) is 6.04 Å². The molecule has 2 aliphatic heterocycles. The Morgan fingerprint density at radius 1 is 1.26 bits per heavy atom. The highest BCUT2D eigenvalue weighted by Gasteiger charge is 2.39. The van der Waals surface area contributed by atoms with Gasteiger partial charge in [0.2, 0.25) is 5.91 Å². The van der Waals surface area contributed by atoms with Crippen LogP contribution in [0, 0.1) is 5.92 Å². The maximum Gasteiger partial charge on any atom is 0.279 e. The van der Waals surface area contributed by atoms with E-state index in [0.717, 1.165) is 45.3 Å². The molecule has 6 heteroatoms. The first-order chi connectivity index (χ1) is 9.24. The molecule has 3 aliphatic rings. The van der Waals surface area contributed by atoms with Crippen molar-refractivity contribution < 1.29 is 9.59 Å². The van der Waals surface area contributed by atoms with Gasteiger partial charge in [-0.2, -0.15) is 0 Å². The third-order valence-corrected chi connectivity index (χ3v) is 5.04. The van der Waals surface area contributed by atoms with Crippen LogP contribution in [-0.4, -0.2) is 53.5 Å². The highest BCUT2D eigenvalue weighted by atomic mass is 32.2. The van der Waals surface area contributed by atoms with Gasteiger partial charge in [-0.25, -0.2) is 0 Å². The van der Waals surface area contributed by atoms with Crippen LogP contribution in [0.5, 0.6) is 0 Å². The summed E-state index contributed by atoms with van der Waals surface area (Å²) in [6.07, 6.45) is 4.57. The lowest BCUT2D eigenvalue weighted by molar-refractivity contribution is -0.133. The van der Waals surface area contributed by atoms with Gasteiger partial charge in [0.25, 0.3) is 5.24 Å². The van der Waals surface area contributed by atoms with Crippen LogP contribution in [0.4, 0.5) is 4.79 Å². The van der Waals surface area contributed by atoms with E-state index in [1.54, 1.807) is 0 Å². The summed E-state index contributed by atoms with van der Waals surface area (Å²) in [5, 5.41) is 6.07. The van der Waals surface area contributed by atoms with E-state index in [0.29, 0.717) is 17.7 Å². The number of carbonyl (C=O) groups excluding carboxylic acids is 2. The van der Waals surface area contributed by atoms with E-state index in [1.165, 1.54) is 11.8 Å². The smallest absolute Gasteiger partial charge is 0.279 e. The van der Waals surface area contributed by atoms with E-state index in [1.807, 2.05) is 4.90 Å². The molecule has 0 aromatic rings. The van der Waals surface area contributed by atoms with E-state index < -0.39 is 0 Å². The third kappa shape index (κ3) is 3.23. The van der Waals surface area contributed by atoms with Crippen LogP contribution >= 0.6 is 11.8 Å². The predicted octanol–water partition coefficient (Wildman–Crippen LogP) is 0.802. The zero-order chi connectivity index (χ0) is 13.2. The summed E-state index contributed by atoms with van der Waals surface area (Å²) in [6.45, 7) is 3.00. The van der Waals surface area contributed by atoms with Gasteiger partial charge in [-0.1, -0.05) is 11.8 Å². The molecule has 0 aromatic carbocycles. The zero-order valence-corrected chi connectivity index (χ0v) is 11.9. The van der Waals surface area contributed by atoms with Crippen molar-refractivity contribution in [2.24, 2.45) is 5.92 Å². The van der Waals surface area contributed by atoms with Gasteiger partial charge in [-0.05, 0) is 44.7 Å². The van der Waals surface area contributed by atoms with Crippen LogP contribution in [-0.2, 0) is 4.79 Å². The van der Waals surface area contributed by atoms with Crippen molar-refractivity contribution in [3.63, 3.8) is 0 Å². The molecule has 0 spiro atoms. The van der Waals surface area contributed by atoms with Gasteiger partial charge < -0.3 is 15.5 Å². The monoisotopic (exact) mass is 283 g/mol. The van der Waals surface area contributed by atoms with E-state index in [9.17, 15) is 9.59 Å². The van der Waals surface area contributed by atoms with Crippen molar-refractivity contribution in [3.05, 3.63) is 0 Å². The molecule has 1 saturated carbocycles. The maximum atomic E-state index is 12.5. The summed E-state index contributed by atoms with van der Waals surface area (Å²) in [5.74, 6) is 1.35. The van der Waals surface area contributed by atoms with Crippen LogP contribution in [0.2, 0.25) is 0 Å². The molecular formula is C13H21N3O2S. The van der Waals surface area contributed by atoms with Gasteiger partial charge in [0, 0.05) is 18.3 Å². The maximum absolute atomic E-state index is 12.5. The molecule has 1 aliphatic carbocycles. The average molecular weight is 283 g/mol. The number of nitrogens with one attached hydrogen (secondary N) is 2. The van der Waals surface area contributed by atoms with Crippen molar-refractivity contribution in [2.45, 2.75) is 37.8 Å². The normalized spacial score (nSPS) is 28.2. The number of carbonyl (C=O) groups is 2. The van der Waals surface area contributed by atoms with Crippen LogP contribution in [0.3, 0.4) is 0 Å². The largest absolute Gasteiger partial charge is 0.338 e. The standard InChI is InChI=1S/C13H21N3O2S/c17-12(11-8-19-13(18)15-11)16(10-1-2-10)7-9-3-5-14-6-4-9/h9-11,14H,1-8H2,(H,15,18). The first-order valence-corrected chi connectivity index (χ1v) is 8.17. The molecule has 0 radical (unpaired) electrons. The Morgan fingerprint density at radius 2 is 2.00 bits per heavy atom. The molecule has 19 heavy (non-hydrogen) atoms. The number of amides is 2. The van der Waals surface area contributed by atoms with E-state index in [-0.39, 0.29) is 17.2 Å². The second kappa shape index (κ2) is 5.71. The van der Waals surface area contributed by atoms with Crippen molar-refractivity contribution >= 4 is 22.9 Å². The number of nitrogens with zero attached hydrogens (tertiary/aromatic N) is 1. The molecule has 0 aromatic heterocycles. The molecule has 3 fully saturated rings. The minimum atomic E-state index is -0.292. The van der Waals surface area contributed by atoms with Crippen LogP contribution < -0.4 is 10.6 Å². The highest BCUT2D eigenvalue weighted by molar-refractivity contribution is 8.14. The third-order valence-electron chi connectivity index (χ3n) is 4.16. The number of thioether (sulfide) groups is 1. The zero-order valence-electron chi connectivity index (χ0n) is 11.1. The van der Waals surface area contributed by atoms with Crippen LogP contribution in [0.15, 0.2) is 0 Å². The van der Waals surface area contributed by atoms with E-state index in [4.69, 9.17) is 0 Å². The average Bonchev–Trinajstić information content (AvgIpc) is 3.18. The minimum Gasteiger partial charge on any atom is -0.338 e. The second-order valence-corrected chi connectivity index (χ2v) is 6.70. The Labute approximate surface area is 117 Å².